The zero-order chi connectivity index (χ0) is 23.3. The van der Waals surface area contributed by atoms with E-state index in [1.54, 1.807) is 6.07 Å². The Morgan fingerprint density at radius 3 is 2.41 bits per heavy atom. The molecule has 0 aliphatic heterocycles. The van der Waals surface area contributed by atoms with Crippen molar-refractivity contribution in [2.45, 2.75) is 44.9 Å². The Bertz CT molecular complexity index is 1490. The molecule has 3 heteroatoms. The van der Waals surface area contributed by atoms with E-state index in [1.165, 1.54) is 31.2 Å². The van der Waals surface area contributed by atoms with Crippen LogP contribution in [-0.2, 0) is 5.41 Å². The fraction of sp³-hybridized carbons (Fsp3) is 0.258. The van der Waals surface area contributed by atoms with E-state index in [1.807, 2.05) is 60.8 Å². The maximum atomic E-state index is 15.3. The predicted molar refractivity (Wildman–Crippen MR) is 137 cm³/mol. The van der Waals surface area contributed by atoms with Crippen LogP contribution in [0.1, 0.15) is 45.1 Å². The fourth-order valence-electron chi connectivity index (χ4n) is 5.69. The Labute approximate surface area is 199 Å². The Morgan fingerprint density at radius 2 is 1.62 bits per heavy atom. The van der Waals surface area contributed by atoms with Crippen molar-refractivity contribution >= 4 is 21.9 Å². The molecule has 0 bridgehead atoms. The number of hydrogen-bond acceptors (Lipinski definition) is 2. The van der Waals surface area contributed by atoms with Crippen LogP contribution in [0.4, 0.5) is 4.39 Å². The third-order valence-electron chi connectivity index (χ3n) is 7.81. The van der Waals surface area contributed by atoms with Gasteiger partial charge in [-0.25, -0.2) is 4.39 Å². The van der Waals surface area contributed by atoms with Crippen molar-refractivity contribution in [3.8, 4) is 22.4 Å². The van der Waals surface area contributed by atoms with Gasteiger partial charge in [-0.1, -0.05) is 57.0 Å². The Morgan fingerprint density at radius 1 is 0.824 bits per heavy atom. The van der Waals surface area contributed by atoms with E-state index in [0.29, 0.717) is 22.5 Å². The zero-order valence-electron chi connectivity index (χ0n) is 19.6. The second-order valence-corrected chi connectivity index (χ2v) is 10.1. The summed E-state index contributed by atoms with van der Waals surface area (Å²) < 4.78 is 21.4. The van der Waals surface area contributed by atoms with Crippen molar-refractivity contribution in [2.75, 3.05) is 0 Å². The molecule has 0 atom stereocenters. The SMILES string of the molecule is CC(C)(c1ccnc(-c2ccc3oc4cc(-c5ccccc5)cc(F)c4c3c2)c1)C1CCCC1. The Hall–Kier alpha value is -3.46. The van der Waals surface area contributed by atoms with Gasteiger partial charge in [0.1, 0.15) is 17.0 Å². The third-order valence-corrected chi connectivity index (χ3v) is 7.81. The summed E-state index contributed by atoms with van der Waals surface area (Å²) in [4.78, 5) is 4.67. The maximum Gasteiger partial charge on any atom is 0.138 e. The summed E-state index contributed by atoms with van der Waals surface area (Å²) in [7, 11) is 0. The minimum absolute atomic E-state index is 0.112. The highest BCUT2D eigenvalue weighted by atomic mass is 19.1. The highest BCUT2D eigenvalue weighted by Gasteiger charge is 2.33. The van der Waals surface area contributed by atoms with Gasteiger partial charge in [-0.2, -0.15) is 0 Å². The largest absolute Gasteiger partial charge is 0.456 e. The molecule has 0 amide bonds. The van der Waals surface area contributed by atoms with E-state index >= 15 is 4.39 Å². The summed E-state index contributed by atoms with van der Waals surface area (Å²) in [5.74, 6) is 0.437. The predicted octanol–water partition coefficient (Wildman–Crippen LogP) is 8.92. The molecule has 2 nitrogen and oxygen atoms in total. The summed E-state index contributed by atoms with van der Waals surface area (Å²) >= 11 is 0. The minimum Gasteiger partial charge on any atom is -0.456 e. The second kappa shape index (κ2) is 8.09. The molecule has 1 fully saturated rings. The van der Waals surface area contributed by atoms with E-state index in [2.05, 4.69) is 31.0 Å². The smallest absolute Gasteiger partial charge is 0.138 e. The number of pyridine rings is 1. The van der Waals surface area contributed by atoms with Crippen LogP contribution < -0.4 is 0 Å². The van der Waals surface area contributed by atoms with Crippen molar-refractivity contribution in [3.05, 3.63) is 90.4 Å². The molecule has 0 saturated heterocycles. The lowest BCUT2D eigenvalue weighted by atomic mass is 9.72. The lowest BCUT2D eigenvalue weighted by molar-refractivity contribution is 0.325. The molecule has 0 radical (unpaired) electrons. The molecule has 170 valence electrons. The van der Waals surface area contributed by atoms with Gasteiger partial charge in [-0.3, -0.25) is 4.98 Å². The number of benzene rings is 3. The van der Waals surface area contributed by atoms with Crippen LogP contribution in [0.5, 0.6) is 0 Å². The van der Waals surface area contributed by atoms with Crippen LogP contribution in [0.3, 0.4) is 0 Å². The number of halogens is 1. The average Bonchev–Trinajstić information content (AvgIpc) is 3.53. The third kappa shape index (κ3) is 3.51. The molecule has 1 aliphatic rings. The van der Waals surface area contributed by atoms with Gasteiger partial charge >= 0.3 is 0 Å². The van der Waals surface area contributed by atoms with Crippen molar-refractivity contribution in [3.63, 3.8) is 0 Å². The standard InChI is InChI=1S/C31H28FNO/c1-31(2,23-10-6-7-11-23)24-14-15-33-27(19-24)21-12-13-28-25(16-21)30-26(32)17-22(18-29(30)34-28)20-8-4-3-5-9-20/h3-5,8-9,12-19,23H,6-7,10-11H2,1-2H3. The molecule has 0 spiro atoms. The van der Waals surface area contributed by atoms with Gasteiger partial charge in [0, 0.05) is 17.1 Å². The molecule has 2 aromatic heterocycles. The van der Waals surface area contributed by atoms with Gasteiger partial charge in [0.15, 0.2) is 0 Å². The van der Waals surface area contributed by atoms with Crippen LogP contribution in [0.2, 0.25) is 0 Å². The zero-order valence-corrected chi connectivity index (χ0v) is 19.6. The number of hydrogen-bond donors (Lipinski definition) is 0. The average molecular weight is 450 g/mol. The first-order chi connectivity index (χ1) is 16.5. The van der Waals surface area contributed by atoms with E-state index in [-0.39, 0.29) is 11.2 Å². The van der Waals surface area contributed by atoms with Gasteiger partial charge in [0.05, 0.1) is 11.1 Å². The summed E-state index contributed by atoms with van der Waals surface area (Å²) in [6.45, 7) is 4.71. The molecule has 34 heavy (non-hydrogen) atoms. The first-order valence-electron chi connectivity index (χ1n) is 12.2. The first kappa shape index (κ1) is 21.1. The first-order valence-corrected chi connectivity index (χ1v) is 12.2. The molecule has 2 heterocycles. The van der Waals surface area contributed by atoms with E-state index in [4.69, 9.17) is 4.42 Å². The molecule has 0 N–H and O–H groups in total. The van der Waals surface area contributed by atoms with Crippen LogP contribution in [0.15, 0.2) is 83.4 Å². The molecular formula is C31H28FNO. The lowest BCUT2D eigenvalue weighted by Gasteiger charge is -2.32. The van der Waals surface area contributed by atoms with Crippen molar-refractivity contribution in [2.24, 2.45) is 5.92 Å². The van der Waals surface area contributed by atoms with Crippen LogP contribution in [-0.4, -0.2) is 4.98 Å². The van der Waals surface area contributed by atoms with E-state index < -0.39 is 0 Å². The topological polar surface area (TPSA) is 26.0 Å². The number of rotatable bonds is 4. The summed E-state index contributed by atoms with van der Waals surface area (Å²) in [6, 6.07) is 23.7. The minimum atomic E-state index is -0.267. The maximum absolute atomic E-state index is 15.3. The molecule has 0 unspecified atom stereocenters. The molecule has 3 aromatic carbocycles. The lowest BCUT2D eigenvalue weighted by Crippen LogP contribution is -2.26. The molecule has 1 saturated carbocycles. The van der Waals surface area contributed by atoms with Gasteiger partial charge < -0.3 is 4.42 Å². The summed E-state index contributed by atoms with van der Waals surface area (Å²) in [5.41, 5.74) is 6.36. The van der Waals surface area contributed by atoms with Crippen LogP contribution >= 0.6 is 0 Å². The van der Waals surface area contributed by atoms with Gasteiger partial charge in [0.25, 0.3) is 0 Å². The highest BCUT2D eigenvalue weighted by Crippen LogP contribution is 2.43. The van der Waals surface area contributed by atoms with Crippen molar-refractivity contribution in [1.82, 2.24) is 4.98 Å². The molecule has 5 aromatic rings. The monoisotopic (exact) mass is 449 g/mol. The number of aromatic nitrogens is 1. The Kier molecular flexibility index (Phi) is 5.02. The van der Waals surface area contributed by atoms with Gasteiger partial charge in [-0.15, -0.1) is 0 Å². The fourth-order valence-corrected chi connectivity index (χ4v) is 5.69. The van der Waals surface area contributed by atoms with Crippen molar-refractivity contribution < 1.29 is 8.81 Å². The summed E-state index contributed by atoms with van der Waals surface area (Å²) in [5, 5.41) is 1.31. The van der Waals surface area contributed by atoms with E-state index in [0.717, 1.165) is 27.8 Å². The molecular weight excluding hydrogens is 421 g/mol. The number of fused-ring (bicyclic) bond motifs is 3. The molecule has 1 aliphatic carbocycles. The Balaban J connectivity index is 1.44. The quantitative estimate of drug-likeness (QED) is 0.274. The molecule has 6 rings (SSSR count). The highest BCUT2D eigenvalue weighted by molar-refractivity contribution is 6.07. The summed E-state index contributed by atoms with van der Waals surface area (Å²) in [6.07, 6.45) is 7.15. The number of nitrogens with zero attached hydrogens (tertiary/aromatic N) is 1. The normalized spacial score (nSPS) is 14.9. The van der Waals surface area contributed by atoms with E-state index in [9.17, 15) is 0 Å². The second-order valence-electron chi connectivity index (χ2n) is 10.1. The van der Waals surface area contributed by atoms with Gasteiger partial charge in [0.2, 0.25) is 0 Å². The number of furan rings is 1. The van der Waals surface area contributed by atoms with Crippen molar-refractivity contribution in [1.29, 1.82) is 0 Å². The van der Waals surface area contributed by atoms with Crippen LogP contribution in [0.25, 0.3) is 44.3 Å². The van der Waals surface area contributed by atoms with Crippen LogP contribution in [0, 0.1) is 11.7 Å². The van der Waals surface area contributed by atoms with Gasteiger partial charge in [-0.05, 0) is 83.3 Å².